The second kappa shape index (κ2) is 25.9. The Hall–Kier alpha value is -11.3. The standard InChI is InChI=1S/C105H97NO4/c1-23-35-62-42-44-71-67(36-24-2)79(51(12)28-6)95-81(53(14)30-8)96-80(52(13)29-7)90-65(50(11)27-5)45-46-70-64(32-10)68(88-73(38-26-4)89-72(37-25-3)86(62)92(71)103(95)102(89)104(96)101(88)93(70)90)40-34-33-39-66-57(18)83-61(22)84-58(19)77-54(15)41-43-69-63(31-9)56(17)82-60(21)85-59(20)78-55(16)49-74(105(109)110-106-75(107)47-48-76(106)108)87(66)94(78)98(83)100(85)99(84)97(82)91(69)77/h23-30,33-46,49H,31-32,47-48H2,1-22H3/b35-23-,36-24-,37-25-,38-26-,39-33-,40-34-,50-27+,51-28+,52-29+,53-30+. The van der Waals surface area contributed by atoms with Crippen molar-refractivity contribution in [2.45, 2.75) is 178 Å². The van der Waals surface area contributed by atoms with Crippen LogP contribution in [0.3, 0.4) is 0 Å². The fourth-order valence-electron chi connectivity index (χ4n) is 21.7. The van der Waals surface area contributed by atoms with Gasteiger partial charge in [0.25, 0.3) is 11.8 Å². The van der Waals surface area contributed by atoms with Crippen molar-refractivity contribution >= 4 is 227 Å². The molecule has 5 heteroatoms. The van der Waals surface area contributed by atoms with Gasteiger partial charge in [0, 0.05) is 18.2 Å². The normalized spacial score (nSPS) is 14.7. The van der Waals surface area contributed by atoms with E-state index in [1.54, 1.807) is 0 Å². The number of hydrogen-bond acceptors (Lipinski definition) is 4. The van der Waals surface area contributed by atoms with Crippen LogP contribution in [0.25, 0.3) is 210 Å². The highest BCUT2D eigenvalue weighted by Gasteiger charge is 2.39. The minimum atomic E-state index is -0.739. The van der Waals surface area contributed by atoms with Gasteiger partial charge in [-0.05, 0) is 436 Å². The smallest absolute Gasteiger partial charge is 0.325 e. The van der Waals surface area contributed by atoms with Crippen molar-refractivity contribution in [1.29, 1.82) is 0 Å². The largest absolute Gasteiger partial charge is 0.364 e. The molecule has 2 amide bonds. The number of hydrogen-bond donors (Lipinski definition) is 0. The highest BCUT2D eigenvalue weighted by Crippen LogP contribution is 2.62. The van der Waals surface area contributed by atoms with Crippen LogP contribution in [-0.4, -0.2) is 22.8 Å². The maximum absolute atomic E-state index is 15.6. The lowest BCUT2D eigenvalue weighted by Crippen LogP contribution is -2.32. The summed E-state index contributed by atoms with van der Waals surface area (Å²) in [6.07, 6.45) is 38.4. The number of nitrogens with zero attached hydrogens (tertiary/aromatic N) is 1. The van der Waals surface area contributed by atoms with Gasteiger partial charge in [0.15, 0.2) is 0 Å². The van der Waals surface area contributed by atoms with Crippen molar-refractivity contribution in [2.24, 2.45) is 0 Å². The van der Waals surface area contributed by atoms with Crippen LogP contribution in [0.5, 0.6) is 0 Å². The molecule has 16 aromatic rings. The second-order valence-electron chi connectivity index (χ2n) is 31.6. The quantitative estimate of drug-likeness (QED) is 0.0444. The lowest BCUT2D eigenvalue weighted by Gasteiger charge is -2.32. The average Bonchev–Trinajstić information content (AvgIpc) is 0.682. The molecule has 1 fully saturated rings. The molecular formula is C105H97NO4. The van der Waals surface area contributed by atoms with Gasteiger partial charge in [-0.3, -0.25) is 9.59 Å². The minimum Gasteiger partial charge on any atom is -0.325 e. The van der Waals surface area contributed by atoms with Crippen LogP contribution in [-0.2, 0) is 27.3 Å². The molecule has 1 aliphatic heterocycles. The third kappa shape index (κ3) is 9.12. The van der Waals surface area contributed by atoms with Gasteiger partial charge in [0.2, 0.25) is 0 Å². The fraction of sp³-hybridized carbons (Fsp3) is 0.248. The summed E-state index contributed by atoms with van der Waals surface area (Å²) in [5, 5.41) is 35.2. The van der Waals surface area contributed by atoms with Gasteiger partial charge in [0.1, 0.15) is 0 Å². The van der Waals surface area contributed by atoms with E-state index in [0.717, 1.165) is 62.2 Å². The first-order valence-electron chi connectivity index (χ1n) is 39.9. The highest BCUT2D eigenvalue weighted by molar-refractivity contribution is 6.51. The molecule has 16 aromatic carbocycles. The molecule has 546 valence electrons. The van der Waals surface area contributed by atoms with Crippen molar-refractivity contribution < 1.29 is 19.2 Å². The monoisotopic (exact) mass is 1440 g/mol. The zero-order valence-corrected chi connectivity index (χ0v) is 68.2. The molecule has 0 radical (unpaired) electrons. The van der Waals surface area contributed by atoms with Crippen LogP contribution in [0.2, 0.25) is 0 Å². The third-order valence-electron chi connectivity index (χ3n) is 26.3. The average molecular weight is 1440 g/mol. The Morgan fingerprint density at radius 2 is 0.764 bits per heavy atom. The van der Waals surface area contributed by atoms with Gasteiger partial charge in [-0.1, -0.05) is 147 Å². The van der Waals surface area contributed by atoms with E-state index in [9.17, 15) is 9.59 Å². The number of benzene rings is 16. The third-order valence-corrected chi connectivity index (χ3v) is 26.3. The van der Waals surface area contributed by atoms with Crippen LogP contribution in [0.4, 0.5) is 0 Å². The molecule has 0 aliphatic carbocycles. The van der Waals surface area contributed by atoms with Crippen LogP contribution >= 0.6 is 0 Å². The lowest BCUT2D eigenvalue weighted by molar-refractivity contribution is -0.172. The maximum Gasteiger partial charge on any atom is 0.364 e. The molecule has 0 unspecified atom stereocenters. The Labute approximate surface area is 645 Å². The van der Waals surface area contributed by atoms with Gasteiger partial charge >= 0.3 is 5.97 Å². The molecule has 110 heavy (non-hydrogen) atoms. The van der Waals surface area contributed by atoms with E-state index in [-0.39, 0.29) is 12.8 Å². The van der Waals surface area contributed by atoms with E-state index < -0.39 is 17.8 Å². The second-order valence-corrected chi connectivity index (χ2v) is 31.6. The van der Waals surface area contributed by atoms with Gasteiger partial charge in [-0.25, -0.2) is 4.79 Å². The minimum absolute atomic E-state index is 0.0137. The Kier molecular flexibility index (Phi) is 16.9. The molecule has 0 spiro atoms. The molecule has 0 aromatic heterocycles. The van der Waals surface area contributed by atoms with Gasteiger partial charge in [-0.15, -0.1) is 5.06 Å². The molecular weight excluding hydrogens is 1340 g/mol. The Morgan fingerprint density at radius 1 is 0.345 bits per heavy atom. The highest BCUT2D eigenvalue weighted by atomic mass is 16.7. The van der Waals surface area contributed by atoms with E-state index in [4.69, 9.17) is 4.84 Å². The van der Waals surface area contributed by atoms with E-state index in [1.165, 1.54) is 235 Å². The van der Waals surface area contributed by atoms with Gasteiger partial charge in [0.05, 0.1) is 5.56 Å². The van der Waals surface area contributed by atoms with Gasteiger partial charge in [-0.2, -0.15) is 0 Å². The van der Waals surface area contributed by atoms with Crippen LogP contribution in [0.15, 0.2) is 103 Å². The zero-order chi connectivity index (χ0) is 77.7. The molecule has 0 bridgehead atoms. The summed E-state index contributed by atoms with van der Waals surface area (Å²) in [4.78, 5) is 48.7. The zero-order valence-electron chi connectivity index (χ0n) is 68.2. The first-order chi connectivity index (χ1) is 53.0. The molecule has 0 N–H and O–H groups in total. The van der Waals surface area contributed by atoms with Crippen molar-refractivity contribution in [2.75, 3.05) is 0 Å². The lowest BCUT2D eigenvalue weighted by atomic mass is 9.70. The summed E-state index contributed by atoms with van der Waals surface area (Å²) in [5.41, 5.74) is 29.3. The van der Waals surface area contributed by atoms with E-state index in [0.29, 0.717) is 10.6 Å². The first-order valence-corrected chi connectivity index (χ1v) is 39.9. The van der Waals surface area contributed by atoms with Crippen molar-refractivity contribution in [3.8, 4) is 0 Å². The van der Waals surface area contributed by atoms with Crippen LogP contribution in [0.1, 0.15) is 231 Å². The van der Waals surface area contributed by atoms with E-state index in [1.807, 2.05) is 6.07 Å². The first kappa shape index (κ1) is 71.6. The topological polar surface area (TPSA) is 63.7 Å². The summed E-state index contributed by atoms with van der Waals surface area (Å²) in [6.45, 7) is 49.7. The fourth-order valence-corrected chi connectivity index (χ4v) is 21.7. The van der Waals surface area contributed by atoms with Crippen LogP contribution in [0, 0.1) is 55.4 Å². The molecule has 17 rings (SSSR count). The van der Waals surface area contributed by atoms with Crippen molar-refractivity contribution in [3.63, 3.8) is 0 Å². The molecule has 5 nitrogen and oxygen atoms in total. The predicted octanol–water partition coefficient (Wildman–Crippen LogP) is 29.8. The Balaban J connectivity index is 1.07. The number of carbonyl (C=O) groups is 3. The van der Waals surface area contributed by atoms with Crippen LogP contribution < -0.4 is 0 Å². The van der Waals surface area contributed by atoms with Crippen molar-refractivity contribution in [3.05, 3.63) is 220 Å². The summed E-state index contributed by atoms with van der Waals surface area (Å²) in [5.74, 6) is -1.78. The number of rotatable bonds is 15. The number of aryl methyl sites for hydroxylation is 10. The van der Waals surface area contributed by atoms with E-state index >= 15 is 4.79 Å². The maximum atomic E-state index is 15.6. The number of carbonyl (C=O) groups excluding carboxylic acids is 3. The van der Waals surface area contributed by atoms with Crippen molar-refractivity contribution in [1.82, 2.24) is 5.06 Å². The number of amides is 2. The molecule has 0 atom stereocenters. The number of allylic oxidation sites excluding steroid dienone is 14. The Bertz CT molecular complexity index is 7170. The summed E-state index contributed by atoms with van der Waals surface area (Å²) in [7, 11) is 0. The molecule has 1 saturated heterocycles. The number of imide groups is 1. The molecule has 0 saturated carbocycles. The van der Waals surface area contributed by atoms with E-state index in [2.05, 4.69) is 286 Å². The summed E-state index contributed by atoms with van der Waals surface area (Å²) >= 11 is 0. The SMILES string of the molecule is C/C=C\c1c(/C(C)=C/C)c2c(/C(C)=C/C)c3c(/C(C)=C/C)c4c(/C(C)=C/C)ccc5c(CC)c(/C=C\C=C/c6c(C)c7c(C)c8c(C)c9c(C)ccc%10c(CC)c(C)c%11c(C)c%12c(C)c%13c(C)cc(C(=O)ON%14C(=O)CCC%14=O)c6c%13c7c%12c8c%11c%109)c6c(/C=C\C)c7c(/C=C\C)c8c(/C=C\C)ccc1c8c2c7c3c6c54. The molecule has 1 aliphatic rings. The van der Waals surface area contributed by atoms with Gasteiger partial charge < -0.3 is 4.84 Å². The summed E-state index contributed by atoms with van der Waals surface area (Å²) in [6, 6.07) is 16.3. The number of hydroxylamine groups is 2. The predicted molar refractivity (Wildman–Crippen MR) is 482 cm³/mol. The molecule has 1 heterocycles. The Morgan fingerprint density at radius 3 is 1.35 bits per heavy atom. The summed E-state index contributed by atoms with van der Waals surface area (Å²) < 4.78 is 0.